The first-order valence-electron chi connectivity index (χ1n) is 3.96. The number of carbonyl (C=O) groups excluding carboxylic acids is 1. The SMILES string of the molecule is CCOC(=O)c1cc(CCF)no1. The van der Waals surface area contributed by atoms with Crippen molar-refractivity contribution in [2.75, 3.05) is 13.3 Å². The van der Waals surface area contributed by atoms with Gasteiger partial charge in [0.15, 0.2) is 0 Å². The minimum atomic E-state index is -0.569. The smallest absolute Gasteiger partial charge is 0.377 e. The van der Waals surface area contributed by atoms with Gasteiger partial charge in [-0.3, -0.25) is 4.39 Å². The van der Waals surface area contributed by atoms with E-state index in [0.29, 0.717) is 5.69 Å². The second-order valence-corrected chi connectivity index (χ2v) is 2.34. The summed E-state index contributed by atoms with van der Waals surface area (Å²) >= 11 is 0. The van der Waals surface area contributed by atoms with Crippen LogP contribution in [0.2, 0.25) is 0 Å². The molecule has 5 heteroatoms. The fourth-order valence-corrected chi connectivity index (χ4v) is 0.825. The number of hydrogen-bond acceptors (Lipinski definition) is 4. The maximum Gasteiger partial charge on any atom is 0.377 e. The number of aryl methyl sites for hydroxylation is 1. The van der Waals surface area contributed by atoms with Gasteiger partial charge < -0.3 is 9.26 Å². The van der Waals surface area contributed by atoms with E-state index in [9.17, 15) is 9.18 Å². The molecule has 0 fully saturated rings. The Morgan fingerprint density at radius 3 is 3.15 bits per heavy atom. The van der Waals surface area contributed by atoms with E-state index in [2.05, 4.69) is 14.4 Å². The molecule has 0 N–H and O–H groups in total. The molecular formula is C8H10FNO3. The zero-order chi connectivity index (χ0) is 9.68. The normalized spacial score (nSPS) is 10.0. The Hall–Kier alpha value is -1.39. The third-order valence-electron chi connectivity index (χ3n) is 1.39. The second-order valence-electron chi connectivity index (χ2n) is 2.34. The lowest BCUT2D eigenvalue weighted by Gasteiger charge is -1.94. The highest BCUT2D eigenvalue weighted by Crippen LogP contribution is 2.06. The number of esters is 1. The van der Waals surface area contributed by atoms with E-state index >= 15 is 0 Å². The van der Waals surface area contributed by atoms with Crippen molar-refractivity contribution in [3.8, 4) is 0 Å². The Bertz CT molecular complexity index is 285. The molecule has 1 aromatic rings. The van der Waals surface area contributed by atoms with Gasteiger partial charge >= 0.3 is 5.97 Å². The van der Waals surface area contributed by atoms with Crippen LogP contribution in [-0.4, -0.2) is 24.4 Å². The van der Waals surface area contributed by atoms with Gasteiger partial charge in [-0.2, -0.15) is 0 Å². The number of alkyl halides is 1. The maximum absolute atomic E-state index is 11.8. The first kappa shape index (κ1) is 9.70. The van der Waals surface area contributed by atoms with E-state index in [1.807, 2.05) is 0 Å². The van der Waals surface area contributed by atoms with Crippen LogP contribution in [0.15, 0.2) is 10.6 Å². The molecule has 0 radical (unpaired) electrons. The number of aromatic nitrogens is 1. The van der Waals surface area contributed by atoms with Crippen LogP contribution < -0.4 is 0 Å². The molecular weight excluding hydrogens is 177 g/mol. The summed E-state index contributed by atoms with van der Waals surface area (Å²) in [6, 6.07) is 1.39. The Morgan fingerprint density at radius 1 is 1.77 bits per heavy atom. The van der Waals surface area contributed by atoms with Crippen LogP contribution in [-0.2, 0) is 11.2 Å². The van der Waals surface area contributed by atoms with Gasteiger partial charge in [0.2, 0.25) is 5.76 Å². The van der Waals surface area contributed by atoms with Crippen LogP contribution in [0.3, 0.4) is 0 Å². The largest absolute Gasteiger partial charge is 0.460 e. The molecule has 4 nitrogen and oxygen atoms in total. The Kier molecular flexibility index (Phi) is 3.42. The van der Waals surface area contributed by atoms with Crippen molar-refractivity contribution in [2.45, 2.75) is 13.3 Å². The molecule has 0 unspecified atom stereocenters. The van der Waals surface area contributed by atoms with Gasteiger partial charge in [-0.1, -0.05) is 5.16 Å². The van der Waals surface area contributed by atoms with E-state index in [-0.39, 0.29) is 18.8 Å². The molecule has 0 spiro atoms. The zero-order valence-corrected chi connectivity index (χ0v) is 7.25. The second kappa shape index (κ2) is 4.59. The molecule has 13 heavy (non-hydrogen) atoms. The van der Waals surface area contributed by atoms with Crippen LogP contribution in [0.4, 0.5) is 4.39 Å². The Balaban J connectivity index is 2.62. The highest BCUT2D eigenvalue weighted by Gasteiger charge is 2.13. The van der Waals surface area contributed by atoms with Crippen LogP contribution >= 0.6 is 0 Å². The average molecular weight is 187 g/mol. The van der Waals surface area contributed by atoms with Gasteiger partial charge in [0, 0.05) is 12.5 Å². The molecule has 0 amide bonds. The fourth-order valence-electron chi connectivity index (χ4n) is 0.825. The number of carbonyl (C=O) groups is 1. The summed E-state index contributed by atoms with van der Waals surface area (Å²) in [7, 11) is 0. The summed E-state index contributed by atoms with van der Waals surface area (Å²) in [5, 5.41) is 3.49. The molecule has 0 saturated carbocycles. The highest BCUT2D eigenvalue weighted by molar-refractivity contribution is 5.86. The summed E-state index contributed by atoms with van der Waals surface area (Å²) in [6.45, 7) is 1.45. The molecule has 0 saturated heterocycles. The van der Waals surface area contributed by atoms with E-state index in [0.717, 1.165) is 0 Å². The van der Waals surface area contributed by atoms with Crippen molar-refractivity contribution in [1.29, 1.82) is 0 Å². The molecule has 1 heterocycles. The van der Waals surface area contributed by atoms with Crippen molar-refractivity contribution in [1.82, 2.24) is 5.16 Å². The summed E-state index contributed by atoms with van der Waals surface area (Å²) in [5.41, 5.74) is 0.422. The lowest BCUT2D eigenvalue weighted by atomic mass is 10.3. The summed E-state index contributed by atoms with van der Waals surface area (Å²) in [4.78, 5) is 11.0. The molecule has 0 aromatic carbocycles. The molecule has 0 aliphatic carbocycles. The van der Waals surface area contributed by atoms with Crippen LogP contribution in [0, 0.1) is 0 Å². The first-order valence-corrected chi connectivity index (χ1v) is 3.96. The minimum absolute atomic E-state index is 0.0188. The quantitative estimate of drug-likeness (QED) is 0.668. The van der Waals surface area contributed by atoms with E-state index < -0.39 is 12.6 Å². The average Bonchev–Trinajstić information content (AvgIpc) is 2.54. The van der Waals surface area contributed by atoms with Gasteiger partial charge in [-0.05, 0) is 6.92 Å². The van der Waals surface area contributed by atoms with Crippen LogP contribution in [0.5, 0.6) is 0 Å². The number of ether oxygens (including phenoxy) is 1. The minimum Gasteiger partial charge on any atom is -0.460 e. The highest BCUT2D eigenvalue weighted by atomic mass is 19.1. The predicted octanol–water partition coefficient (Wildman–Crippen LogP) is 1.36. The Morgan fingerprint density at radius 2 is 2.54 bits per heavy atom. The van der Waals surface area contributed by atoms with Gasteiger partial charge in [-0.15, -0.1) is 0 Å². The van der Waals surface area contributed by atoms with Crippen LogP contribution in [0.1, 0.15) is 23.2 Å². The van der Waals surface area contributed by atoms with Gasteiger partial charge in [-0.25, -0.2) is 4.79 Å². The van der Waals surface area contributed by atoms with Gasteiger partial charge in [0.05, 0.1) is 19.0 Å². The fraction of sp³-hybridized carbons (Fsp3) is 0.500. The number of halogens is 1. The summed E-state index contributed by atoms with van der Waals surface area (Å²) in [5.74, 6) is -0.551. The third-order valence-corrected chi connectivity index (χ3v) is 1.39. The summed E-state index contributed by atoms with van der Waals surface area (Å²) in [6.07, 6.45) is 0.156. The number of nitrogens with zero attached hydrogens (tertiary/aromatic N) is 1. The zero-order valence-electron chi connectivity index (χ0n) is 7.25. The van der Waals surface area contributed by atoms with E-state index in [1.165, 1.54) is 6.07 Å². The number of rotatable bonds is 4. The molecule has 0 atom stereocenters. The van der Waals surface area contributed by atoms with E-state index in [1.54, 1.807) is 6.92 Å². The monoisotopic (exact) mass is 187 g/mol. The Labute approximate surface area is 74.7 Å². The molecule has 1 aromatic heterocycles. The van der Waals surface area contributed by atoms with Gasteiger partial charge in [0.25, 0.3) is 0 Å². The van der Waals surface area contributed by atoms with Crippen molar-refractivity contribution >= 4 is 5.97 Å². The molecule has 0 aliphatic rings. The van der Waals surface area contributed by atoms with E-state index in [4.69, 9.17) is 0 Å². The van der Waals surface area contributed by atoms with Crippen molar-refractivity contribution < 1.29 is 18.4 Å². The van der Waals surface area contributed by atoms with Crippen LogP contribution in [0.25, 0.3) is 0 Å². The third kappa shape index (κ3) is 2.54. The molecule has 0 bridgehead atoms. The lowest BCUT2D eigenvalue weighted by molar-refractivity contribution is 0.0479. The molecule has 0 aliphatic heterocycles. The molecule has 72 valence electrons. The standard InChI is InChI=1S/C8H10FNO3/c1-2-12-8(11)7-5-6(3-4-9)10-13-7/h5H,2-4H2,1H3. The van der Waals surface area contributed by atoms with Crippen molar-refractivity contribution in [2.24, 2.45) is 0 Å². The number of hydrogen-bond donors (Lipinski definition) is 0. The van der Waals surface area contributed by atoms with Gasteiger partial charge in [0.1, 0.15) is 0 Å². The maximum atomic E-state index is 11.8. The topological polar surface area (TPSA) is 52.3 Å². The molecule has 1 rings (SSSR count). The first-order chi connectivity index (χ1) is 6.27. The summed E-state index contributed by atoms with van der Waals surface area (Å²) < 4.78 is 21.1. The lowest BCUT2D eigenvalue weighted by Crippen LogP contribution is -2.02. The predicted molar refractivity (Wildman–Crippen MR) is 42.1 cm³/mol. The van der Waals surface area contributed by atoms with Crippen molar-refractivity contribution in [3.05, 3.63) is 17.5 Å². The van der Waals surface area contributed by atoms with Crippen molar-refractivity contribution in [3.63, 3.8) is 0 Å².